The highest BCUT2D eigenvalue weighted by Crippen LogP contribution is 2.34. The van der Waals surface area contributed by atoms with E-state index in [1.54, 1.807) is 6.33 Å². The third-order valence-corrected chi connectivity index (χ3v) is 4.04. The predicted octanol–water partition coefficient (Wildman–Crippen LogP) is 2.61. The van der Waals surface area contributed by atoms with Crippen molar-refractivity contribution in [3.05, 3.63) is 41.5 Å². The first-order valence-electron chi connectivity index (χ1n) is 7.62. The van der Waals surface area contributed by atoms with Gasteiger partial charge >= 0.3 is 0 Å². The van der Waals surface area contributed by atoms with Crippen molar-refractivity contribution in [1.29, 1.82) is 0 Å². The molecule has 0 saturated carbocycles. The Hall–Kier alpha value is -1.88. The Balaban J connectivity index is 1.78. The molecule has 0 saturated heterocycles. The average molecular weight is 286 g/mol. The molecule has 2 heterocycles. The van der Waals surface area contributed by atoms with Gasteiger partial charge in [-0.25, -0.2) is 0 Å². The van der Waals surface area contributed by atoms with Crippen LogP contribution >= 0.6 is 0 Å². The highest BCUT2D eigenvalue weighted by molar-refractivity contribution is 5.43. The van der Waals surface area contributed by atoms with Gasteiger partial charge in [0.25, 0.3) is 0 Å². The summed E-state index contributed by atoms with van der Waals surface area (Å²) in [5.74, 6) is 2.03. The van der Waals surface area contributed by atoms with Gasteiger partial charge in [-0.3, -0.25) is 0 Å². The maximum atomic E-state index is 5.92. The van der Waals surface area contributed by atoms with E-state index in [1.165, 1.54) is 11.1 Å². The van der Waals surface area contributed by atoms with Crippen molar-refractivity contribution in [3.8, 4) is 5.75 Å². The number of aryl methyl sites for hydroxylation is 2. The summed E-state index contributed by atoms with van der Waals surface area (Å²) in [4.78, 5) is 0. The lowest BCUT2D eigenvalue weighted by Crippen LogP contribution is -2.22. The Morgan fingerprint density at radius 2 is 2.33 bits per heavy atom. The van der Waals surface area contributed by atoms with E-state index in [-0.39, 0.29) is 0 Å². The lowest BCUT2D eigenvalue weighted by atomic mass is 10.00. The fourth-order valence-corrected chi connectivity index (χ4v) is 2.87. The van der Waals surface area contributed by atoms with Gasteiger partial charge in [-0.1, -0.05) is 18.2 Å². The number of hydrogen-bond acceptors (Lipinski definition) is 4. The minimum atomic E-state index is 0.310. The molecule has 1 aliphatic rings. The van der Waals surface area contributed by atoms with Gasteiger partial charge < -0.3 is 14.6 Å². The molecule has 0 radical (unpaired) electrons. The van der Waals surface area contributed by atoms with Crippen LogP contribution in [0.4, 0.5) is 0 Å². The topological polar surface area (TPSA) is 52.0 Å². The van der Waals surface area contributed by atoms with Crippen LogP contribution < -0.4 is 10.1 Å². The van der Waals surface area contributed by atoms with Gasteiger partial charge in [-0.2, -0.15) is 0 Å². The Labute approximate surface area is 125 Å². The van der Waals surface area contributed by atoms with Crippen molar-refractivity contribution in [2.24, 2.45) is 0 Å². The molecule has 112 valence electrons. The molecule has 0 amide bonds. The largest absolute Gasteiger partial charge is 0.493 e. The molecule has 1 aromatic heterocycles. The molecule has 0 aliphatic carbocycles. The number of rotatable bonds is 4. The third-order valence-electron chi connectivity index (χ3n) is 4.04. The van der Waals surface area contributed by atoms with Crippen molar-refractivity contribution < 1.29 is 4.74 Å². The highest BCUT2D eigenvalue weighted by atomic mass is 16.5. The molecule has 0 fully saturated rings. The van der Waals surface area contributed by atoms with E-state index in [9.17, 15) is 0 Å². The van der Waals surface area contributed by atoms with Crippen LogP contribution in [0.15, 0.2) is 24.5 Å². The summed E-state index contributed by atoms with van der Waals surface area (Å²) >= 11 is 0. The zero-order valence-corrected chi connectivity index (χ0v) is 12.7. The van der Waals surface area contributed by atoms with Crippen molar-refractivity contribution in [2.45, 2.75) is 45.8 Å². The minimum absolute atomic E-state index is 0.310. The molecular formula is C16H22N4O. The molecule has 3 rings (SSSR count). The molecule has 21 heavy (non-hydrogen) atoms. The summed E-state index contributed by atoms with van der Waals surface area (Å²) in [5, 5.41) is 11.8. The number of fused-ring (bicyclic) bond motifs is 1. The summed E-state index contributed by atoms with van der Waals surface area (Å²) in [6.07, 6.45) is 3.92. The van der Waals surface area contributed by atoms with Crippen LogP contribution in [0, 0.1) is 6.92 Å². The van der Waals surface area contributed by atoms with E-state index >= 15 is 0 Å². The molecule has 1 atom stereocenters. The van der Waals surface area contributed by atoms with Crippen LogP contribution in [-0.4, -0.2) is 21.4 Å². The summed E-state index contributed by atoms with van der Waals surface area (Å²) in [7, 11) is 0. The number of nitrogens with zero attached hydrogens (tertiary/aromatic N) is 3. The second-order valence-corrected chi connectivity index (χ2v) is 5.45. The first-order chi connectivity index (χ1) is 10.3. The molecule has 1 aromatic carbocycles. The van der Waals surface area contributed by atoms with Crippen molar-refractivity contribution >= 4 is 0 Å². The third kappa shape index (κ3) is 2.93. The fourth-order valence-electron chi connectivity index (χ4n) is 2.87. The molecule has 5 heteroatoms. The maximum Gasteiger partial charge on any atom is 0.146 e. The minimum Gasteiger partial charge on any atom is -0.493 e. The fraction of sp³-hybridized carbons (Fsp3) is 0.500. The van der Waals surface area contributed by atoms with E-state index in [0.717, 1.165) is 44.1 Å². The van der Waals surface area contributed by atoms with Gasteiger partial charge in [-0.15, -0.1) is 10.2 Å². The van der Waals surface area contributed by atoms with Crippen molar-refractivity contribution in [2.75, 3.05) is 6.61 Å². The Morgan fingerprint density at radius 1 is 1.43 bits per heavy atom. The summed E-state index contributed by atoms with van der Waals surface area (Å²) < 4.78 is 7.99. The molecule has 0 spiro atoms. The van der Waals surface area contributed by atoms with E-state index in [0.29, 0.717) is 6.04 Å². The first-order valence-corrected chi connectivity index (χ1v) is 7.62. The zero-order chi connectivity index (χ0) is 14.7. The monoisotopic (exact) mass is 286 g/mol. The quantitative estimate of drug-likeness (QED) is 0.938. The SMILES string of the molecule is CCn1cnnc1CNC1CCCOc2c(C)cccc21. The van der Waals surface area contributed by atoms with E-state index in [4.69, 9.17) is 4.74 Å². The van der Waals surface area contributed by atoms with Gasteiger partial charge in [0, 0.05) is 18.2 Å². The van der Waals surface area contributed by atoms with Gasteiger partial charge in [-0.05, 0) is 32.3 Å². The molecule has 2 aromatic rings. The number of hydrogen-bond donors (Lipinski definition) is 1. The van der Waals surface area contributed by atoms with Crippen LogP contribution in [-0.2, 0) is 13.1 Å². The van der Waals surface area contributed by atoms with Crippen LogP contribution in [0.3, 0.4) is 0 Å². The second-order valence-electron chi connectivity index (χ2n) is 5.45. The lowest BCUT2D eigenvalue weighted by molar-refractivity contribution is 0.313. The highest BCUT2D eigenvalue weighted by Gasteiger charge is 2.21. The molecule has 0 bridgehead atoms. The molecule has 1 unspecified atom stereocenters. The summed E-state index contributed by atoms with van der Waals surface area (Å²) in [6.45, 7) is 6.63. The van der Waals surface area contributed by atoms with Gasteiger partial charge in [0.05, 0.1) is 13.2 Å². The second kappa shape index (κ2) is 6.26. The van der Waals surface area contributed by atoms with Crippen molar-refractivity contribution in [3.63, 3.8) is 0 Å². The van der Waals surface area contributed by atoms with Crippen molar-refractivity contribution in [1.82, 2.24) is 20.1 Å². The number of ether oxygens (including phenoxy) is 1. The standard InChI is InChI=1S/C16H22N4O/c1-3-20-11-18-19-15(20)10-17-14-8-5-9-21-16-12(2)6-4-7-13(14)16/h4,6-7,11,14,17H,3,5,8-10H2,1-2H3. The van der Waals surface area contributed by atoms with Gasteiger partial charge in [0.15, 0.2) is 0 Å². The predicted molar refractivity (Wildman–Crippen MR) is 81.2 cm³/mol. The average Bonchev–Trinajstić information content (AvgIpc) is 2.85. The molecular weight excluding hydrogens is 264 g/mol. The van der Waals surface area contributed by atoms with Gasteiger partial charge in [0.2, 0.25) is 0 Å². The zero-order valence-electron chi connectivity index (χ0n) is 12.7. The smallest absolute Gasteiger partial charge is 0.146 e. The van der Waals surface area contributed by atoms with Crippen LogP contribution in [0.2, 0.25) is 0 Å². The number of nitrogens with one attached hydrogen (secondary N) is 1. The van der Waals surface area contributed by atoms with Gasteiger partial charge in [0.1, 0.15) is 17.9 Å². The summed E-state index contributed by atoms with van der Waals surface area (Å²) in [5.41, 5.74) is 2.47. The Bertz CT molecular complexity index is 608. The van der Waals surface area contributed by atoms with E-state index in [2.05, 4.69) is 52.1 Å². The molecule has 5 nitrogen and oxygen atoms in total. The van der Waals surface area contributed by atoms with Crippen LogP contribution in [0.1, 0.15) is 42.8 Å². The van der Waals surface area contributed by atoms with E-state index < -0.39 is 0 Å². The first kappa shape index (κ1) is 14.1. The molecule has 1 aliphatic heterocycles. The van der Waals surface area contributed by atoms with E-state index in [1.807, 2.05) is 0 Å². The lowest BCUT2D eigenvalue weighted by Gasteiger charge is -2.19. The maximum absolute atomic E-state index is 5.92. The number of aromatic nitrogens is 3. The Kier molecular flexibility index (Phi) is 4.20. The number of benzene rings is 1. The molecule has 1 N–H and O–H groups in total. The Morgan fingerprint density at radius 3 is 3.19 bits per heavy atom. The van der Waals surface area contributed by atoms with Crippen LogP contribution in [0.25, 0.3) is 0 Å². The van der Waals surface area contributed by atoms with Crippen LogP contribution in [0.5, 0.6) is 5.75 Å². The normalized spacial score (nSPS) is 17.9. The number of para-hydroxylation sites is 1. The summed E-state index contributed by atoms with van der Waals surface area (Å²) in [6, 6.07) is 6.68.